The molecular formula is C22H23N7OS. The van der Waals surface area contributed by atoms with Gasteiger partial charge < -0.3 is 5.32 Å². The Hall–Kier alpha value is -3.46. The van der Waals surface area contributed by atoms with Crippen LogP contribution in [0.4, 0.5) is 5.82 Å². The first-order chi connectivity index (χ1) is 15.0. The fraction of sp³-hybridized carbons (Fsp3) is 0.227. The molecule has 0 aliphatic heterocycles. The molecule has 0 aliphatic carbocycles. The van der Waals surface area contributed by atoms with Crippen molar-refractivity contribution in [3.05, 3.63) is 77.0 Å². The lowest BCUT2D eigenvalue weighted by Crippen LogP contribution is -2.18. The first-order valence-electron chi connectivity index (χ1n) is 9.86. The number of anilines is 1. The van der Waals surface area contributed by atoms with Gasteiger partial charge in [0.1, 0.15) is 5.82 Å². The summed E-state index contributed by atoms with van der Waals surface area (Å²) in [6, 6.07) is 16.0. The summed E-state index contributed by atoms with van der Waals surface area (Å²) in [4.78, 5) is 12.6. The molecule has 0 saturated carbocycles. The van der Waals surface area contributed by atoms with Crippen LogP contribution in [0.25, 0.3) is 5.69 Å². The molecule has 31 heavy (non-hydrogen) atoms. The maximum Gasteiger partial charge on any atom is 0.235 e. The molecule has 1 amide bonds. The predicted octanol–water partition coefficient (Wildman–Crippen LogP) is 3.56. The number of aryl methyl sites for hydroxylation is 2. The molecule has 9 heteroatoms. The molecule has 8 nitrogen and oxygen atoms in total. The average molecular weight is 434 g/mol. The van der Waals surface area contributed by atoms with Crippen LogP contribution >= 0.6 is 11.8 Å². The Kier molecular flexibility index (Phi) is 6.13. The largest absolute Gasteiger partial charge is 0.310 e. The minimum absolute atomic E-state index is 0.147. The van der Waals surface area contributed by atoms with Gasteiger partial charge in [0.05, 0.1) is 24.2 Å². The first kappa shape index (κ1) is 20.8. The van der Waals surface area contributed by atoms with E-state index in [2.05, 4.69) is 45.0 Å². The molecule has 0 bridgehead atoms. The molecular weight excluding hydrogens is 410 g/mol. The summed E-state index contributed by atoms with van der Waals surface area (Å²) in [7, 11) is 0. The van der Waals surface area contributed by atoms with Crippen LogP contribution in [-0.4, -0.2) is 41.6 Å². The summed E-state index contributed by atoms with van der Waals surface area (Å²) in [6.45, 7) is 6.72. The highest BCUT2D eigenvalue weighted by atomic mass is 32.2. The maximum atomic E-state index is 12.6. The fourth-order valence-corrected chi connectivity index (χ4v) is 3.93. The van der Waals surface area contributed by atoms with E-state index in [0.717, 1.165) is 22.4 Å². The number of rotatable bonds is 7. The van der Waals surface area contributed by atoms with Crippen LogP contribution in [-0.2, 0) is 11.3 Å². The molecule has 4 rings (SSSR count). The molecule has 2 aromatic carbocycles. The Balaban J connectivity index is 1.41. The second-order valence-electron chi connectivity index (χ2n) is 7.29. The number of thioether (sulfide) groups is 1. The molecule has 0 unspecified atom stereocenters. The summed E-state index contributed by atoms with van der Waals surface area (Å²) in [5, 5.41) is 19.8. The van der Waals surface area contributed by atoms with Gasteiger partial charge in [0.15, 0.2) is 0 Å². The van der Waals surface area contributed by atoms with Gasteiger partial charge in [-0.25, -0.2) is 4.68 Å². The molecule has 0 atom stereocenters. The fourth-order valence-electron chi connectivity index (χ4n) is 3.24. The lowest BCUT2D eigenvalue weighted by atomic mass is 10.1. The van der Waals surface area contributed by atoms with Crippen LogP contribution in [0.1, 0.15) is 22.3 Å². The number of amides is 1. The van der Waals surface area contributed by atoms with Gasteiger partial charge >= 0.3 is 0 Å². The number of carbonyl (C=O) groups excluding carboxylic acids is 1. The molecule has 0 fully saturated rings. The minimum atomic E-state index is -0.147. The second-order valence-corrected chi connectivity index (χ2v) is 8.23. The van der Waals surface area contributed by atoms with Gasteiger partial charge in [0.2, 0.25) is 11.1 Å². The van der Waals surface area contributed by atoms with Crippen molar-refractivity contribution < 1.29 is 4.79 Å². The van der Waals surface area contributed by atoms with Gasteiger partial charge in [-0.15, -0.1) is 5.10 Å². The lowest BCUT2D eigenvalue weighted by Gasteiger charge is -2.10. The maximum absolute atomic E-state index is 12.6. The Labute approximate surface area is 184 Å². The van der Waals surface area contributed by atoms with Crippen molar-refractivity contribution >= 4 is 23.5 Å². The van der Waals surface area contributed by atoms with E-state index in [1.165, 1.54) is 17.3 Å². The van der Waals surface area contributed by atoms with Crippen molar-refractivity contribution in [2.45, 2.75) is 32.5 Å². The highest BCUT2D eigenvalue weighted by Gasteiger charge is 2.15. The highest BCUT2D eigenvalue weighted by Crippen LogP contribution is 2.22. The van der Waals surface area contributed by atoms with Crippen molar-refractivity contribution in [2.24, 2.45) is 0 Å². The van der Waals surface area contributed by atoms with Crippen molar-refractivity contribution in [1.29, 1.82) is 0 Å². The second kappa shape index (κ2) is 9.13. The van der Waals surface area contributed by atoms with E-state index in [4.69, 9.17) is 0 Å². The third-order valence-electron chi connectivity index (χ3n) is 4.98. The number of benzene rings is 2. The minimum Gasteiger partial charge on any atom is -0.310 e. The van der Waals surface area contributed by atoms with Gasteiger partial charge in [0.25, 0.3) is 0 Å². The smallest absolute Gasteiger partial charge is 0.235 e. The van der Waals surface area contributed by atoms with E-state index >= 15 is 0 Å². The normalized spacial score (nSPS) is 10.9. The van der Waals surface area contributed by atoms with E-state index in [0.29, 0.717) is 17.5 Å². The molecule has 1 N–H and O–H groups in total. The number of carbonyl (C=O) groups is 1. The third kappa shape index (κ3) is 4.83. The number of aromatic nitrogens is 6. The molecule has 158 valence electrons. The molecule has 0 aliphatic rings. The Morgan fingerprint density at radius 3 is 2.77 bits per heavy atom. The van der Waals surface area contributed by atoms with Crippen LogP contribution in [0.15, 0.2) is 59.9 Å². The predicted molar refractivity (Wildman–Crippen MR) is 120 cm³/mol. The van der Waals surface area contributed by atoms with E-state index in [9.17, 15) is 4.79 Å². The molecule has 2 heterocycles. The summed E-state index contributed by atoms with van der Waals surface area (Å²) >= 11 is 1.29. The SMILES string of the molecule is Cc1cccc(Cn2nccc2NC(=O)CSc2nnnn2-c2cccc(C)c2C)c1. The van der Waals surface area contributed by atoms with Crippen molar-refractivity contribution in [2.75, 3.05) is 11.1 Å². The number of nitrogens with one attached hydrogen (secondary N) is 1. The highest BCUT2D eigenvalue weighted by molar-refractivity contribution is 7.99. The van der Waals surface area contributed by atoms with Crippen molar-refractivity contribution in [3.63, 3.8) is 0 Å². The standard InChI is InChI=1S/C22H23N7OS/c1-15-6-4-8-18(12-15)13-28-20(10-11-23-28)24-21(30)14-31-22-25-26-27-29(22)19-9-5-7-16(2)17(19)3/h4-12H,13-14H2,1-3H3,(H,24,30). The summed E-state index contributed by atoms with van der Waals surface area (Å²) in [5.74, 6) is 0.689. The zero-order valence-electron chi connectivity index (χ0n) is 17.6. The molecule has 0 spiro atoms. The quantitative estimate of drug-likeness (QED) is 0.448. The van der Waals surface area contributed by atoms with Gasteiger partial charge in [-0.3, -0.25) is 4.79 Å². The van der Waals surface area contributed by atoms with Gasteiger partial charge in [-0.05, 0) is 54.0 Å². The number of nitrogens with zero attached hydrogens (tertiary/aromatic N) is 6. The van der Waals surface area contributed by atoms with Crippen molar-refractivity contribution in [3.8, 4) is 5.69 Å². The topological polar surface area (TPSA) is 90.5 Å². The van der Waals surface area contributed by atoms with Crippen LogP contribution in [0.5, 0.6) is 0 Å². The van der Waals surface area contributed by atoms with E-state index in [-0.39, 0.29) is 11.7 Å². The van der Waals surface area contributed by atoms with Crippen molar-refractivity contribution in [1.82, 2.24) is 30.0 Å². The third-order valence-corrected chi connectivity index (χ3v) is 5.90. The molecule has 0 radical (unpaired) electrons. The molecule has 0 saturated heterocycles. The number of hydrogen-bond acceptors (Lipinski definition) is 6. The monoisotopic (exact) mass is 433 g/mol. The lowest BCUT2D eigenvalue weighted by molar-refractivity contribution is -0.113. The van der Waals surface area contributed by atoms with Gasteiger partial charge in [-0.1, -0.05) is 53.7 Å². The molecule has 2 aromatic heterocycles. The number of hydrogen-bond donors (Lipinski definition) is 1. The summed E-state index contributed by atoms with van der Waals surface area (Å²) in [5.41, 5.74) is 5.48. The number of tetrazole rings is 1. The first-order valence-corrected chi connectivity index (χ1v) is 10.8. The Bertz CT molecular complexity index is 1210. The Morgan fingerprint density at radius 1 is 1.10 bits per heavy atom. The van der Waals surface area contributed by atoms with E-state index < -0.39 is 0 Å². The van der Waals surface area contributed by atoms with Crippen LogP contribution in [0, 0.1) is 20.8 Å². The molecule has 4 aromatic rings. The summed E-state index contributed by atoms with van der Waals surface area (Å²) in [6.07, 6.45) is 1.68. The average Bonchev–Trinajstić information content (AvgIpc) is 3.38. The van der Waals surface area contributed by atoms with E-state index in [1.807, 2.05) is 44.2 Å². The zero-order valence-corrected chi connectivity index (χ0v) is 18.4. The van der Waals surface area contributed by atoms with Gasteiger partial charge in [-0.2, -0.15) is 9.78 Å². The Morgan fingerprint density at radius 2 is 1.94 bits per heavy atom. The van der Waals surface area contributed by atoms with E-state index in [1.54, 1.807) is 21.6 Å². The van der Waals surface area contributed by atoms with Gasteiger partial charge in [0, 0.05) is 6.07 Å². The summed E-state index contributed by atoms with van der Waals surface area (Å²) < 4.78 is 3.44. The zero-order chi connectivity index (χ0) is 21.8. The van der Waals surface area contributed by atoms with Crippen LogP contribution < -0.4 is 5.32 Å². The van der Waals surface area contributed by atoms with Crippen LogP contribution in [0.2, 0.25) is 0 Å². The van der Waals surface area contributed by atoms with Crippen LogP contribution in [0.3, 0.4) is 0 Å².